The molecule has 0 bridgehead atoms. The second kappa shape index (κ2) is 4.04. The van der Waals surface area contributed by atoms with Crippen molar-refractivity contribution in [3.8, 4) is 5.88 Å². The Morgan fingerprint density at radius 2 is 2.20 bits per heavy atom. The van der Waals surface area contributed by atoms with E-state index in [0.717, 1.165) is 16.5 Å². The zero-order valence-electron chi connectivity index (χ0n) is 8.33. The molecule has 0 aliphatic carbocycles. The van der Waals surface area contributed by atoms with E-state index >= 15 is 0 Å². The molecular formula is C11H11ClN2O. The summed E-state index contributed by atoms with van der Waals surface area (Å²) in [6.45, 7) is 0.398. The van der Waals surface area contributed by atoms with E-state index < -0.39 is 0 Å². The molecule has 0 aliphatic heterocycles. The van der Waals surface area contributed by atoms with Crippen LogP contribution in [0.2, 0.25) is 5.02 Å². The Kier molecular flexibility index (Phi) is 2.75. The molecule has 0 aliphatic rings. The van der Waals surface area contributed by atoms with Crippen LogP contribution in [-0.2, 0) is 6.54 Å². The Hall–Kier alpha value is -1.32. The molecule has 2 rings (SSSR count). The number of ether oxygens (including phenoxy) is 1. The van der Waals surface area contributed by atoms with Crippen LogP contribution in [0.15, 0.2) is 24.3 Å². The molecule has 0 saturated heterocycles. The molecule has 2 aromatic rings. The minimum Gasteiger partial charge on any atom is -0.481 e. The summed E-state index contributed by atoms with van der Waals surface area (Å²) in [5.41, 5.74) is 6.36. The highest BCUT2D eigenvalue weighted by Gasteiger charge is 2.05. The van der Waals surface area contributed by atoms with Crippen molar-refractivity contribution >= 4 is 22.4 Å². The van der Waals surface area contributed by atoms with Crippen molar-refractivity contribution in [1.29, 1.82) is 0 Å². The maximum atomic E-state index is 5.91. The van der Waals surface area contributed by atoms with Crippen molar-refractivity contribution in [2.45, 2.75) is 6.54 Å². The first kappa shape index (κ1) is 10.2. The molecule has 0 saturated carbocycles. The lowest BCUT2D eigenvalue weighted by Crippen LogP contribution is -2.01. The number of rotatable bonds is 2. The van der Waals surface area contributed by atoms with Crippen molar-refractivity contribution in [3.63, 3.8) is 0 Å². The number of aromatic nitrogens is 1. The normalized spacial score (nSPS) is 10.6. The standard InChI is InChI=1S/C11H11ClN2O/c1-15-11-10-5-8(12)3-2-7(10)4-9(6-13)14-11/h2-5H,6,13H2,1H3. The van der Waals surface area contributed by atoms with E-state index in [4.69, 9.17) is 22.1 Å². The zero-order chi connectivity index (χ0) is 10.8. The summed E-state index contributed by atoms with van der Waals surface area (Å²) < 4.78 is 5.20. The average molecular weight is 223 g/mol. The van der Waals surface area contributed by atoms with Gasteiger partial charge in [0, 0.05) is 17.0 Å². The number of hydrogen-bond acceptors (Lipinski definition) is 3. The highest BCUT2D eigenvalue weighted by Crippen LogP contribution is 2.27. The predicted molar refractivity (Wildman–Crippen MR) is 61.2 cm³/mol. The second-order valence-corrected chi connectivity index (χ2v) is 3.63. The summed E-state index contributed by atoms with van der Waals surface area (Å²) in [5, 5.41) is 2.61. The van der Waals surface area contributed by atoms with E-state index in [1.54, 1.807) is 7.11 Å². The van der Waals surface area contributed by atoms with Gasteiger partial charge in [-0.1, -0.05) is 17.7 Å². The topological polar surface area (TPSA) is 48.1 Å². The number of nitrogens with zero attached hydrogens (tertiary/aromatic N) is 1. The Labute approximate surface area is 92.8 Å². The summed E-state index contributed by atoms with van der Waals surface area (Å²) in [7, 11) is 1.59. The van der Waals surface area contributed by atoms with Gasteiger partial charge in [0.05, 0.1) is 12.8 Å². The molecule has 0 amide bonds. The third-order valence-electron chi connectivity index (χ3n) is 2.22. The number of pyridine rings is 1. The van der Waals surface area contributed by atoms with Crippen molar-refractivity contribution in [3.05, 3.63) is 35.0 Å². The summed E-state index contributed by atoms with van der Waals surface area (Å²) in [6.07, 6.45) is 0. The van der Waals surface area contributed by atoms with Gasteiger partial charge in [-0.2, -0.15) is 0 Å². The highest BCUT2D eigenvalue weighted by molar-refractivity contribution is 6.31. The van der Waals surface area contributed by atoms with Gasteiger partial charge in [-0.05, 0) is 23.6 Å². The van der Waals surface area contributed by atoms with Crippen LogP contribution in [0.25, 0.3) is 10.8 Å². The van der Waals surface area contributed by atoms with Gasteiger partial charge in [0.1, 0.15) is 0 Å². The molecule has 1 aromatic carbocycles. The maximum Gasteiger partial charge on any atom is 0.221 e. The van der Waals surface area contributed by atoms with Crippen LogP contribution in [0.3, 0.4) is 0 Å². The molecule has 0 unspecified atom stereocenters. The third kappa shape index (κ3) is 1.89. The Bertz CT molecular complexity index is 499. The number of halogens is 1. The molecule has 15 heavy (non-hydrogen) atoms. The molecule has 3 nitrogen and oxygen atoms in total. The van der Waals surface area contributed by atoms with Gasteiger partial charge in [0.25, 0.3) is 0 Å². The summed E-state index contributed by atoms with van der Waals surface area (Å²) >= 11 is 5.91. The lowest BCUT2D eigenvalue weighted by molar-refractivity contribution is 0.402. The minimum absolute atomic E-state index is 0.398. The van der Waals surface area contributed by atoms with Crippen LogP contribution >= 0.6 is 11.6 Å². The molecule has 4 heteroatoms. The number of fused-ring (bicyclic) bond motifs is 1. The fraction of sp³-hybridized carbons (Fsp3) is 0.182. The number of benzene rings is 1. The minimum atomic E-state index is 0.398. The average Bonchev–Trinajstić information content (AvgIpc) is 2.27. The van der Waals surface area contributed by atoms with E-state index in [1.165, 1.54) is 0 Å². The molecule has 0 atom stereocenters. The highest BCUT2D eigenvalue weighted by atomic mass is 35.5. The van der Waals surface area contributed by atoms with E-state index in [1.807, 2.05) is 24.3 Å². The fourth-order valence-corrected chi connectivity index (χ4v) is 1.67. The maximum absolute atomic E-state index is 5.91. The molecule has 0 fully saturated rings. The first-order valence-corrected chi connectivity index (χ1v) is 4.95. The van der Waals surface area contributed by atoms with Crippen molar-refractivity contribution < 1.29 is 4.74 Å². The lowest BCUT2D eigenvalue weighted by Gasteiger charge is -2.07. The van der Waals surface area contributed by atoms with E-state index in [0.29, 0.717) is 17.4 Å². The lowest BCUT2D eigenvalue weighted by atomic mass is 10.1. The van der Waals surface area contributed by atoms with Crippen LogP contribution in [0.5, 0.6) is 5.88 Å². The molecule has 0 spiro atoms. The van der Waals surface area contributed by atoms with E-state index in [2.05, 4.69) is 4.98 Å². The van der Waals surface area contributed by atoms with Crippen molar-refractivity contribution in [1.82, 2.24) is 4.98 Å². The molecule has 1 aromatic heterocycles. The third-order valence-corrected chi connectivity index (χ3v) is 2.45. The van der Waals surface area contributed by atoms with Gasteiger partial charge in [0.2, 0.25) is 5.88 Å². The van der Waals surface area contributed by atoms with Crippen LogP contribution in [0, 0.1) is 0 Å². The van der Waals surface area contributed by atoms with Crippen molar-refractivity contribution in [2.24, 2.45) is 5.73 Å². The Balaban J connectivity index is 2.75. The van der Waals surface area contributed by atoms with Crippen molar-refractivity contribution in [2.75, 3.05) is 7.11 Å². The van der Waals surface area contributed by atoms with Gasteiger partial charge >= 0.3 is 0 Å². The molecule has 2 N–H and O–H groups in total. The van der Waals surface area contributed by atoms with Crippen LogP contribution in [0.1, 0.15) is 5.69 Å². The van der Waals surface area contributed by atoms with Gasteiger partial charge in [-0.15, -0.1) is 0 Å². The first-order chi connectivity index (χ1) is 7.24. The zero-order valence-corrected chi connectivity index (χ0v) is 9.08. The smallest absolute Gasteiger partial charge is 0.221 e. The molecule has 1 heterocycles. The van der Waals surface area contributed by atoms with Crippen LogP contribution < -0.4 is 10.5 Å². The van der Waals surface area contributed by atoms with Gasteiger partial charge in [0.15, 0.2) is 0 Å². The van der Waals surface area contributed by atoms with E-state index in [-0.39, 0.29) is 0 Å². The molecule has 78 valence electrons. The quantitative estimate of drug-likeness (QED) is 0.849. The molecular weight excluding hydrogens is 212 g/mol. The Morgan fingerprint density at radius 3 is 2.87 bits per heavy atom. The monoisotopic (exact) mass is 222 g/mol. The van der Waals surface area contributed by atoms with Crippen LogP contribution in [-0.4, -0.2) is 12.1 Å². The predicted octanol–water partition coefficient (Wildman–Crippen LogP) is 2.36. The number of nitrogens with two attached hydrogens (primary N) is 1. The first-order valence-electron chi connectivity index (χ1n) is 4.58. The van der Waals surface area contributed by atoms with E-state index in [9.17, 15) is 0 Å². The fourth-order valence-electron chi connectivity index (χ4n) is 1.50. The van der Waals surface area contributed by atoms with Gasteiger partial charge < -0.3 is 10.5 Å². The summed E-state index contributed by atoms with van der Waals surface area (Å²) in [4.78, 5) is 4.27. The Morgan fingerprint density at radius 1 is 1.40 bits per heavy atom. The largest absolute Gasteiger partial charge is 0.481 e. The number of hydrogen-bond donors (Lipinski definition) is 1. The SMILES string of the molecule is COc1nc(CN)cc2ccc(Cl)cc12. The van der Waals surface area contributed by atoms with Gasteiger partial charge in [-0.25, -0.2) is 4.98 Å². The van der Waals surface area contributed by atoms with Gasteiger partial charge in [-0.3, -0.25) is 0 Å². The van der Waals surface area contributed by atoms with Crippen LogP contribution in [0.4, 0.5) is 0 Å². The number of methoxy groups -OCH3 is 1. The second-order valence-electron chi connectivity index (χ2n) is 3.19. The molecule has 0 radical (unpaired) electrons. The summed E-state index contributed by atoms with van der Waals surface area (Å²) in [5.74, 6) is 0.565. The summed E-state index contributed by atoms with van der Waals surface area (Å²) in [6, 6.07) is 7.54.